The number of aromatic nitrogens is 1. The predicted molar refractivity (Wildman–Crippen MR) is 90.4 cm³/mol. The molecule has 110 valence electrons. The monoisotopic (exact) mass is 389 g/mol. The number of hydrogen-bond donors (Lipinski definition) is 3. The largest absolute Gasteiger partial charge is 0.357 e. The zero-order valence-corrected chi connectivity index (χ0v) is 13.8. The molecular weight excluding hydrogens is 369 g/mol. The summed E-state index contributed by atoms with van der Waals surface area (Å²) in [6.07, 6.45) is 5.62. The van der Waals surface area contributed by atoms with Gasteiger partial charge in [-0.3, -0.25) is 9.78 Å². The van der Waals surface area contributed by atoms with Crippen LogP contribution in [0.15, 0.2) is 29.5 Å². The van der Waals surface area contributed by atoms with E-state index in [1.807, 2.05) is 6.92 Å². The molecule has 0 unspecified atom stereocenters. The molecule has 1 amide bonds. The Kier molecular flexibility index (Phi) is 7.27. The lowest BCUT2D eigenvalue weighted by atomic mass is 10.4. The minimum atomic E-state index is -0.152. The van der Waals surface area contributed by atoms with Gasteiger partial charge in [-0.15, -0.1) is 24.0 Å². The number of anilines is 1. The molecule has 1 aliphatic rings. The fraction of sp³-hybridized carbons (Fsp3) is 0.462. The lowest BCUT2D eigenvalue weighted by Gasteiger charge is -2.10. The number of amides is 1. The highest BCUT2D eigenvalue weighted by molar-refractivity contribution is 14.0. The van der Waals surface area contributed by atoms with Crippen molar-refractivity contribution in [3.63, 3.8) is 0 Å². The minimum absolute atomic E-state index is 0. The molecule has 1 aromatic heterocycles. The van der Waals surface area contributed by atoms with E-state index in [0.717, 1.165) is 6.54 Å². The number of aliphatic imine (C=N–C) groups is 1. The number of hydrogen-bond acceptors (Lipinski definition) is 3. The first-order valence-electron chi connectivity index (χ1n) is 6.52. The van der Waals surface area contributed by atoms with Crippen molar-refractivity contribution >= 4 is 41.5 Å². The molecule has 7 heteroatoms. The van der Waals surface area contributed by atoms with Gasteiger partial charge in [0.05, 0.1) is 11.9 Å². The van der Waals surface area contributed by atoms with Gasteiger partial charge in [-0.2, -0.15) is 0 Å². The van der Waals surface area contributed by atoms with Crippen molar-refractivity contribution in [1.82, 2.24) is 15.6 Å². The number of nitrogens with one attached hydrogen (secondary N) is 3. The number of nitrogens with zero attached hydrogens (tertiary/aromatic N) is 2. The number of carbonyl (C=O) groups excluding carboxylic acids is 1. The van der Waals surface area contributed by atoms with Crippen LogP contribution in [0.4, 0.5) is 5.69 Å². The van der Waals surface area contributed by atoms with E-state index in [2.05, 4.69) is 25.9 Å². The number of halogens is 1. The number of rotatable bonds is 5. The van der Waals surface area contributed by atoms with Crippen LogP contribution in [0.3, 0.4) is 0 Å². The second-order valence-corrected chi connectivity index (χ2v) is 4.40. The van der Waals surface area contributed by atoms with E-state index in [1.165, 1.54) is 12.8 Å². The first kappa shape index (κ1) is 16.7. The fourth-order valence-corrected chi connectivity index (χ4v) is 1.53. The minimum Gasteiger partial charge on any atom is -0.357 e. The summed E-state index contributed by atoms with van der Waals surface area (Å²) in [6.45, 7) is 2.87. The quantitative estimate of drug-likeness (QED) is 0.404. The third-order valence-corrected chi connectivity index (χ3v) is 2.59. The Labute approximate surface area is 135 Å². The summed E-state index contributed by atoms with van der Waals surface area (Å²) in [5.74, 6) is 0.548. The molecule has 2 rings (SSSR count). The molecule has 0 atom stereocenters. The Balaban J connectivity index is 0.00000200. The molecule has 20 heavy (non-hydrogen) atoms. The van der Waals surface area contributed by atoms with Gasteiger partial charge in [0.25, 0.3) is 0 Å². The summed E-state index contributed by atoms with van der Waals surface area (Å²) >= 11 is 0. The molecule has 1 heterocycles. The molecule has 1 fully saturated rings. The summed E-state index contributed by atoms with van der Waals surface area (Å²) in [4.78, 5) is 19.9. The second kappa shape index (κ2) is 8.72. The topological polar surface area (TPSA) is 78.4 Å². The van der Waals surface area contributed by atoms with Crippen LogP contribution < -0.4 is 16.0 Å². The van der Waals surface area contributed by atoms with Gasteiger partial charge in [-0.25, -0.2) is 4.99 Å². The maximum absolute atomic E-state index is 11.7. The number of carbonyl (C=O) groups is 1. The third kappa shape index (κ3) is 6.18. The van der Waals surface area contributed by atoms with E-state index in [1.54, 1.807) is 24.5 Å². The van der Waals surface area contributed by atoms with Gasteiger partial charge < -0.3 is 16.0 Å². The van der Waals surface area contributed by atoms with Crippen LogP contribution in [-0.4, -0.2) is 36.0 Å². The highest BCUT2D eigenvalue weighted by Crippen LogP contribution is 2.18. The van der Waals surface area contributed by atoms with Crippen molar-refractivity contribution in [1.29, 1.82) is 0 Å². The standard InChI is InChI=1S/C13H19N5O.HI/c1-2-15-13(18-10-5-6-10)16-9-12(19)17-11-4-3-7-14-8-11;/h3-4,7-8,10H,2,5-6,9H2,1H3,(H,17,19)(H2,15,16,18);1H. The molecule has 1 saturated carbocycles. The van der Waals surface area contributed by atoms with Crippen LogP contribution in [0, 0.1) is 0 Å². The number of guanidine groups is 1. The van der Waals surface area contributed by atoms with Crippen molar-refractivity contribution in [2.75, 3.05) is 18.4 Å². The van der Waals surface area contributed by atoms with E-state index in [-0.39, 0.29) is 36.4 Å². The lowest BCUT2D eigenvalue weighted by Crippen LogP contribution is -2.39. The van der Waals surface area contributed by atoms with Crippen molar-refractivity contribution in [2.45, 2.75) is 25.8 Å². The molecule has 0 saturated heterocycles. The molecule has 6 nitrogen and oxygen atoms in total. The maximum atomic E-state index is 11.7. The number of pyridine rings is 1. The van der Waals surface area contributed by atoms with E-state index in [9.17, 15) is 4.79 Å². The van der Waals surface area contributed by atoms with Gasteiger partial charge in [0.2, 0.25) is 5.91 Å². The van der Waals surface area contributed by atoms with Gasteiger partial charge in [-0.05, 0) is 31.9 Å². The molecule has 0 aromatic carbocycles. The molecule has 1 aliphatic carbocycles. The SMILES string of the molecule is CCNC(=NCC(=O)Nc1cccnc1)NC1CC1.I. The average Bonchev–Trinajstić information content (AvgIpc) is 3.21. The molecule has 1 aromatic rings. The molecule has 0 aliphatic heterocycles. The van der Waals surface area contributed by atoms with E-state index >= 15 is 0 Å². The second-order valence-electron chi connectivity index (χ2n) is 4.40. The normalized spacial score (nSPS) is 14.2. The van der Waals surface area contributed by atoms with Gasteiger partial charge in [-0.1, -0.05) is 0 Å². The summed E-state index contributed by atoms with van der Waals surface area (Å²) in [5.41, 5.74) is 0.683. The first-order valence-corrected chi connectivity index (χ1v) is 6.52. The Morgan fingerprint density at radius 2 is 2.30 bits per heavy atom. The van der Waals surface area contributed by atoms with Crippen molar-refractivity contribution in [2.24, 2.45) is 4.99 Å². The van der Waals surface area contributed by atoms with Crippen molar-refractivity contribution < 1.29 is 4.79 Å². The Morgan fingerprint density at radius 3 is 2.90 bits per heavy atom. The van der Waals surface area contributed by atoms with Crippen molar-refractivity contribution in [3.8, 4) is 0 Å². The van der Waals surface area contributed by atoms with Crippen molar-refractivity contribution in [3.05, 3.63) is 24.5 Å². The van der Waals surface area contributed by atoms with Crippen LogP contribution in [0.2, 0.25) is 0 Å². The van der Waals surface area contributed by atoms with E-state index in [4.69, 9.17) is 0 Å². The summed E-state index contributed by atoms with van der Waals surface area (Å²) in [5, 5.41) is 9.12. The summed E-state index contributed by atoms with van der Waals surface area (Å²) in [7, 11) is 0. The highest BCUT2D eigenvalue weighted by Gasteiger charge is 2.22. The Bertz CT molecular complexity index is 447. The Hall–Kier alpha value is -1.38. The van der Waals surface area contributed by atoms with E-state index < -0.39 is 0 Å². The molecule has 0 radical (unpaired) electrons. The van der Waals surface area contributed by atoms with Gasteiger partial charge >= 0.3 is 0 Å². The predicted octanol–water partition coefficient (Wildman–Crippen LogP) is 1.36. The molecule has 3 N–H and O–H groups in total. The zero-order chi connectivity index (χ0) is 13.5. The molecule has 0 spiro atoms. The summed E-state index contributed by atoms with van der Waals surface area (Å²) < 4.78 is 0. The van der Waals surface area contributed by atoms with Crippen LogP contribution >= 0.6 is 24.0 Å². The van der Waals surface area contributed by atoms with Crippen LogP contribution in [0.1, 0.15) is 19.8 Å². The van der Waals surface area contributed by atoms with Crippen LogP contribution in [0.5, 0.6) is 0 Å². The zero-order valence-electron chi connectivity index (χ0n) is 11.4. The van der Waals surface area contributed by atoms with Gasteiger partial charge in [0.15, 0.2) is 5.96 Å². The molecule has 0 bridgehead atoms. The van der Waals surface area contributed by atoms with E-state index in [0.29, 0.717) is 17.7 Å². The molecular formula is C13H20IN5O. The lowest BCUT2D eigenvalue weighted by molar-refractivity contribution is -0.114. The van der Waals surface area contributed by atoms with Gasteiger partial charge in [0, 0.05) is 18.8 Å². The summed E-state index contributed by atoms with van der Waals surface area (Å²) in [6, 6.07) is 4.08. The van der Waals surface area contributed by atoms with Crippen LogP contribution in [-0.2, 0) is 4.79 Å². The smallest absolute Gasteiger partial charge is 0.246 e. The highest BCUT2D eigenvalue weighted by atomic mass is 127. The average molecular weight is 389 g/mol. The Morgan fingerprint density at radius 1 is 1.50 bits per heavy atom. The third-order valence-electron chi connectivity index (χ3n) is 2.59. The first-order chi connectivity index (χ1) is 9.28. The maximum Gasteiger partial charge on any atom is 0.246 e. The van der Waals surface area contributed by atoms with Gasteiger partial charge in [0.1, 0.15) is 6.54 Å². The van der Waals surface area contributed by atoms with Crippen LogP contribution in [0.25, 0.3) is 0 Å². The fourth-order valence-electron chi connectivity index (χ4n) is 1.53.